The van der Waals surface area contributed by atoms with Crippen molar-refractivity contribution in [2.45, 2.75) is 6.92 Å². The molecule has 34 heavy (non-hydrogen) atoms. The van der Waals surface area contributed by atoms with Crippen molar-refractivity contribution >= 4 is 29.2 Å². The third kappa shape index (κ3) is 5.59. The van der Waals surface area contributed by atoms with E-state index < -0.39 is 0 Å². The molecular formula is C30H29NO3. The van der Waals surface area contributed by atoms with Crippen LogP contribution in [-0.4, -0.2) is 20.8 Å². The Kier molecular flexibility index (Phi) is 7.51. The van der Waals surface area contributed by atoms with E-state index in [1.54, 1.807) is 14.2 Å². The maximum absolute atomic E-state index is 5.52. The molecule has 4 heteroatoms. The van der Waals surface area contributed by atoms with Gasteiger partial charge in [-0.1, -0.05) is 36.4 Å². The van der Waals surface area contributed by atoms with Gasteiger partial charge in [-0.25, -0.2) is 0 Å². The van der Waals surface area contributed by atoms with Gasteiger partial charge in [0, 0.05) is 17.1 Å². The molecule has 0 unspecified atom stereocenters. The van der Waals surface area contributed by atoms with Crippen molar-refractivity contribution in [3.8, 4) is 17.2 Å². The van der Waals surface area contributed by atoms with Crippen LogP contribution < -0.4 is 19.1 Å². The van der Waals surface area contributed by atoms with Crippen molar-refractivity contribution < 1.29 is 14.2 Å². The van der Waals surface area contributed by atoms with Gasteiger partial charge in [-0.05, 0) is 90.8 Å². The summed E-state index contributed by atoms with van der Waals surface area (Å²) in [7, 11) is 3.35. The van der Waals surface area contributed by atoms with Crippen LogP contribution in [0.2, 0.25) is 0 Å². The van der Waals surface area contributed by atoms with Crippen LogP contribution in [0, 0.1) is 0 Å². The minimum absolute atomic E-state index is 0.672. The lowest BCUT2D eigenvalue weighted by molar-refractivity contribution is 0.340. The van der Waals surface area contributed by atoms with Crippen LogP contribution in [0.5, 0.6) is 17.2 Å². The first-order valence-corrected chi connectivity index (χ1v) is 11.3. The van der Waals surface area contributed by atoms with Crippen LogP contribution in [0.25, 0.3) is 12.2 Å². The minimum Gasteiger partial charge on any atom is -0.497 e. The standard InChI is InChI=1S/C30H29NO3/c1-4-34-30-17-9-24(10-18-30)6-5-23-7-11-25(12-8-23)31(26-13-19-28(32-2)20-14-26)27-15-21-29(33-3)22-16-27/h5-22H,4H2,1-3H3/b6-5+. The van der Waals surface area contributed by atoms with Gasteiger partial charge in [0.2, 0.25) is 0 Å². The van der Waals surface area contributed by atoms with Gasteiger partial charge in [0.05, 0.1) is 20.8 Å². The van der Waals surface area contributed by atoms with Gasteiger partial charge in [0.1, 0.15) is 17.2 Å². The van der Waals surface area contributed by atoms with E-state index in [0.717, 1.165) is 45.4 Å². The largest absolute Gasteiger partial charge is 0.497 e. The molecule has 0 heterocycles. The van der Waals surface area contributed by atoms with Crippen LogP contribution in [0.4, 0.5) is 17.1 Å². The van der Waals surface area contributed by atoms with Crippen LogP contribution >= 0.6 is 0 Å². The molecule has 0 saturated heterocycles. The summed E-state index contributed by atoms with van der Waals surface area (Å²) in [4.78, 5) is 2.21. The molecule has 0 aliphatic rings. The lowest BCUT2D eigenvalue weighted by Crippen LogP contribution is -2.09. The molecule has 0 saturated carbocycles. The number of anilines is 3. The number of methoxy groups -OCH3 is 2. The Balaban J connectivity index is 1.59. The Morgan fingerprint density at radius 3 is 1.26 bits per heavy atom. The number of hydrogen-bond donors (Lipinski definition) is 0. The van der Waals surface area contributed by atoms with Crippen LogP contribution in [0.1, 0.15) is 18.1 Å². The Hall–Kier alpha value is -4.18. The summed E-state index contributed by atoms with van der Waals surface area (Å²) in [5.41, 5.74) is 5.41. The van der Waals surface area contributed by atoms with E-state index in [0.29, 0.717) is 6.61 Å². The van der Waals surface area contributed by atoms with Gasteiger partial charge in [-0.3, -0.25) is 0 Å². The number of rotatable bonds is 9. The SMILES string of the molecule is CCOc1ccc(/C=C/c2ccc(N(c3ccc(OC)cc3)c3ccc(OC)cc3)cc2)cc1. The molecule has 0 aromatic heterocycles. The van der Waals surface area contributed by atoms with Crippen molar-refractivity contribution in [2.75, 3.05) is 25.7 Å². The summed E-state index contributed by atoms with van der Waals surface area (Å²) in [5.74, 6) is 2.54. The Bertz CT molecular complexity index is 1150. The van der Waals surface area contributed by atoms with E-state index in [4.69, 9.17) is 14.2 Å². The number of ether oxygens (including phenoxy) is 3. The molecule has 0 radical (unpaired) electrons. The second kappa shape index (κ2) is 11.1. The first kappa shape index (κ1) is 23.0. The highest BCUT2D eigenvalue weighted by atomic mass is 16.5. The minimum atomic E-state index is 0.672. The first-order chi connectivity index (χ1) is 16.7. The predicted molar refractivity (Wildman–Crippen MR) is 141 cm³/mol. The van der Waals surface area contributed by atoms with Crippen molar-refractivity contribution in [3.05, 3.63) is 108 Å². The van der Waals surface area contributed by atoms with E-state index in [1.807, 2.05) is 43.3 Å². The topological polar surface area (TPSA) is 30.9 Å². The van der Waals surface area contributed by atoms with Gasteiger partial charge >= 0.3 is 0 Å². The Labute approximate surface area is 201 Å². The molecule has 0 N–H and O–H groups in total. The zero-order valence-electron chi connectivity index (χ0n) is 19.8. The van der Waals surface area contributed by atoms with Gasteiger partial charge in [0.15, 0.2) is 0 Å². The van der Waals surface area contributed by atoms with E-state index >= 15 is 0 Å². The van der Waals surface area contributed by atoms with Crippen molar-refractivity contribution in [2.24, 2.45) is 0 Å². The third-order valence-corrected chi connectivity index (χ3v) is 5.47. The smallest absolute Gasteiger partial charge is 0.119 e. The highest BCUT2D eigenvalue weighted by molar-refractivity contribution is 5.78. The number of nitrogens with zero attached hydrogens (tertiary/aromatic N) is 1. The zero-order chi connectivity index (χ0) is 23.8. The van der Waals surface area contributed by atoms with Crippen LogP contribution in [0.3, 0.4) is 0 Å². The van der Waals surface area contributed by atoms with Crippen molar-refractivity contribution in [3.63, 3.8) is 0 Å². The molecule has 0 bridgehead atoms. The molecule has 0 atom stereocenters. The lowest BCUT2D eigenvalue weighted by atomic mass is 10.1. The molecule has 4 aromatic carbocycles. The Morgan fingerprint density at radius 2 is 0.882 bits per heavy atom. The molecule has 0 aliphatic heterocycles. The summed E-state index contributed by atoms with van der Waals surface area (Å²) >= 11 is 0. The van der Waals surface area contributed by atoms with Gasteiger partial charge in [-0.15, -0.1) is 0 Å². The van der Waals surface area contributed by atoms with E-state index in [-0.39, 0.29) is 0 Å². The maximum Gasteiger partial charge on any atom is 0.119 e. The van der Waals surface area contributed by atoms with Crippen molar-refractivity contribution in [1.29, 1.82) is 0 Å². The molecule has 0 spiro atoms. The van der Waals surface area contributed by atoms with E-state index in [2.05, 4.69) is 77.7 Å². The third-order valence-electron chi connectivity index (χ3n) is 5.47. The summed E-state index contributed by atoms with van der Waals surface area (Å²) in [6, 6.07) is 32.7. The maximum atomic E-state index is 5.52. The van der Waals surface area contributed by atoms with Gasteiger partial charge < -0.3 is 19.1 Å². The quantitative estimate of drug-likeness (QED) is 0.244. The van der Waals surface area contributed by atoms with Crippen LogP contribution in [-0.2, 0) is 0 Å². The average Bonchev–Trinajstić information content (AvgIpc) is 2.90. The lowest BCUT2D eigenvalue weighted by Gasteiger charge is -2.26. The molecule has 4 nitrogen and oxygen atoms in total. The van der Waals surface area contributed by atoms with E-state index in [1.165, 1.54) is 0 Å². The van der Waals surface area contributed by atoms with Crippen molar-refractivity contribution in [1.82, 2.24) is 0 Å². The monoisotopic (exact) mass is 451 g/mol. The van der Waals surface area contributed by atoms with E-state index in [9.17, 15) is 0 Å². The highest BCUT2D eigenvalue weighted by Gasteiger charge is 2.12. The fourth-order valence-corrected chi connectivity index (χ4v) is 3.68. The molecule has 0 amide bonds. The fourth-order valence-electron chi connectivity index (χ4n) is 3.68. The predicted octanol–water partition coefficient (Wildman–Crippen LogP) is 7.74. The molecule has 172 valence electrons. The normalized spacial score (nSPS) is 10.8. The zero-order valence-corrected chi connectivity index (χ0v) is 19.8. The molecule has 0 aliphatic carbocycles. The summed E-state index contributed by atoms with van der Waals surface area (Å²) < 4.78 is 16.2. The van der Waals surface area contributed by atoms with Gasteiger partial charge in [-0.2, -0.15) is 0 Å². The molecule has 4 aromatic rings. The molecular weight excluding hydrogens is 422 g/mol. The second-order valence-electron chi connectivity index (χ2n) is 7.66. The highest BCUT2D eigenvalue weighted by Crippen LogP contribution is 2.36. The number of hydrogen-bond acceptors (Lipinski definition) is 4. The second-order valence-corrected chi connectivity index (χ2v) is 7.66. The fraction of sp³-hybridized carbons (Fsp3) is 0.133. The van der Waals surface area contributed by atoms with Crippen LogP contribution in [0.15, 0.2) is 97.1 Å². The molecule has 4 rings (SSSR count). The first-order valence-electron chi connectivity index (χ1n) is 11.3. The summed E-state index contributed by atoms with van der Waals surface area (Å²) in [5, 5.41) is 0. The summed E-state index contributed by atoms with van der Waals surface area (Å²) in [6.07, 6.45) is 4.22. The number of benzene rings is 4. The Morgan fingerprint density at radius 1 is 0.529 bits per heavy atom. The van der Waals surface area contributed by atoms with Gasteiger partial charge in [0.25, 0.3) is 0 Å². The summed E-state index contributed by atoms with van der Waals surface area (Å²) in [6.45, 7) is 2.66. The molecule has 0 fully saturated rings. The average molecular weight is 452 g/mol.